The Hall–Kier alpha value is -2.85. The minimum atomic E-state index is -4.36. The lowest BCUT2D eigenvalue weighted by molar-refractivity contribution is -0.137. The van der Waals surface area contributed by atoms with Gasteiger partial charge < -0.3 is 0 Å². The van der Waals surface area contributed by atoms with Gasteiger partial charge in [0.15, 0.2) is 5.69 Å². The molecule has 0 atom stereocenters. The number of nitriles is 1. The molecule has 3 rings (SSSR count). The van der Waals surface area contributed by atoms with Crippen molar-refractivity contribution >= 4 is 11.6 Å². The fourth-order valence-electron chi connectivity index (χ4n) is 2.63. The van der Waals surface area contributed by atoms with Gasteiger partial charge in [-0.2, -0.15) is 28.7 Å². The van der Waals surface area contributed by atoms with Crippen LogP contribution in [0.5, 0.6) is 0 Å². The van der Waals surface area contributed by atoms with Gasteiger partial charge in [0.2, 0.25) is 0 Å². The second kappa shape index (κ2) is 7.18. The highest BCUT2D eigenvalue weighted by molar-refractivity contribution is 6.31. The topological polar surface area (TPSA) is 65.4 Å². The smallest absolute Gasteiger partial charge is 0.196 e. The van der Waals surface area contributed by atoms with Crippen LogP contribution in [-0.2, 0) is 19.0 Å². The Morgan fingerprint density at radius 1 is 1.04 bits per heavy atom. The number of aromatic nitrogens is 3. The summed E-state index contributed by atoms with van der Waals surface area (Å²) in [5.41, 5.74) is 1.91. The number of rotatable bonds is 4. The number of alkyl halides is 3. The van der Waals surface area contributed by atoms with Gasteiger partial charge in [-0.15, -0.1) is 5.10 Å². The van der Waals surface area contributed by atoms with Crippen LogP contribution >= 0.6 is 11.6 Å². The van der Waals surface area contributed by atoms with Crippen molar-refractivity contribution in [3.63, 3.8) is 0 Å². The molecule has 0 aliphatic heterocycles. The molecule has 0 amide bonds. The summed E-state index contributed by atoms with van der Waals surface area (Å²) in [4.78, 5) is 0. The minimum absolute atomic E-state index is 0.149. The predicted octanol–water partition coefficient (Wildman–Crippen LogP) is 4.80. The zero-order valence-electron chi connectivity index (χ0n) is 13.3. The standard InChI is InChI=1S/C18H12ClF3N4/c19-15-8-12(6-13(9-15)17-16(10-23)24-26-25-17)5-4-11-2-1-3-14(7-11)18(20,21)22/h1-3,6-9H,4-5H2,(H,24,25,26). The van der Waals surface area contributed by atoms with Crippen LogP contribution in [0, 0.1) is 11.3 Å². The summed E-state index contributed by atoms with van der Waals surface area (Å²) in [5.74, 6) is 0. The highest BCUT2D eigenvalue weighted by atomic mass is 35.5. The van der Waals surface area contributed by atoms with E-state index in [0.717, 1.165) is 17.7 Å². The van der Waals surface area contributed by atoms with Gasteiger partial charge in [-0.25, -0.2) is 0 Å². The molecule has 0 bridgehead atoms. The third-order valence-electron chi connectivity index (χ3n) is 3.84. The van der Waals surface area contributed by atoms with Crippen LogP contribution in [0.25, 0.3) is 11.3 Å². The average Bonchev–Trinajstić information content (AvgIpc) is 3.08. The lowest BCUT2D eigenvalue weighted by atomic mass is 10.00. The Labute approximate surface area is 152 Å². The molecular formula is C18H12ClF3N4. The van der Waals surface area contributed by atoms with E-state index < -0.39 is 11.7 Å². The summed E-state index contributed by atoms with van der Waals surface area (Å²) in [5, 5.41) is 19.6. The van der Waals surface area contributed by atoms with E-state index in [1.807, 2.05) is 6.07 Å². The van der Waals surface area contributed by atoms with Gasteiger partial charge in [0.05, 0.1) is 5.56 Å². The van der Waals surface area contributed by atoms with Crippen molar-refractivity contribution in [3.05, 3.63) is 69.9 Å². The first kappa shape index (κ1) is 18.0. The maximum Gasteiger partial charge on any atom is 0.416 e. The Kier molecular flexibility index (Phi) is 4.96. The zero-order chi connectivity index (χ0) is 18.7. The summed E-state index contributed by atoms with van der Waals surface area (Å²) < 4.78 is 38.4. The number of aromatic amines is 1. The number of nitrogens with one attached hydrogen (secondary N) is 1. The van der Waals surface area contributed by atoms with E-state index in [1.54, 1.807) is 24.3 Å². The molecular weight excluding hydrogens is 365 g/mol. The van der Waals surface area contributed by atoms with Gasteiger partial charge >= 0.3 is 6.18 Å². The number of aryl methyl sites for hydroxylation is 2. The average molecular weight is 377 g/mol. The van der Waals surface area contributed by atoms with Gasteiger partial charge in [-0.05, 0) is 48.2 Å². The van der Waals surface area contributed by atoms with Crippen molar-refractivity contribution in [1.29, 1.82) is 5.26 Å². The Balaban J connectivity index is 1.82. The normalized spacial score (nSPS) is 11.3. The van der Waals surface area contributed by atoms with E-state index in [9.17, 15) is 13.2 Å². The highest BCUT2D eigenvalue weighted by Crippen LogP contribution is 2.30. The quantitative estimate of drug-likeness (QED) is 0.711. The Morgan fingerprint density at radius 3 is 2.54 bits per heavy atom. The van der Waals surface area contributed by atoms with E-state index in [1.165, 1.54) is 6.07 Å². The SMILES string of the molecule is N#Cc1n[nH]nc1-c1cc(Cl)cc(CCc2cccc(C(F)(F)F)c2)c1. The number of hydrogen-bond donors (Lipinski definition) is 1. The van der Waals surface area contributed by atoms with E-state index >= 15 is 0 Å². The van der Waals surface area contributed by atoms with E-state index in [0.29, 0.717) is 34.7 Å². The lowest BCUT2D eigenvalue weighted by Crippen LogP contribution is -2.05. The molecule has 1 heterocycles. The molecule has 132 valence electrons. The van der Waals surface area contributed by atoms with E-state index in [-0.39, 0.29) is 5.69 Å². The molecule has 0 spiro atoms. The highest BCUT2D eigenvalue weighted by Gasteiger charge is 2.30. The summed E-state index contributed by atoms with van der Waals surface area (Å²) in [6.07, 6.45) is -3.44. The molecule has 1 N–H and O–H groups in total. The first-order valence-electron chi connectivity index (χ1n) is 7.63. The number of halogens is 4. The van der Waals surface area contributed by atoms with Crippen LogP contribution in [0.4, 0.5) is 13.2 Å². The van der Waals surface area contributed by atoms with Gasteiger partial charge in [0, 0.05) is 10.6 Å². The monoisotopic (exact) mass is 376 g/mol. The third-order valence-corrected chi connectivity index (χ3v) is 4.06. The molecule has 0 aliphatic rings. The molecule has 1 aromatic heterocycles. The number of benzene rings is 2. The van der Waals surface area contributed by atoms with Crippen molar-refractivity contribution in [1.82, 2.24) is 15.4 Å². The van der Waals surface area contributed by atoms with Gasteiger partial charge in [0.25, 0.3) is 0 Å². The maximum absolute atomic E-state index is 12.8. The van der Waals surface area contributed by atoms with Crippen LogP contribution in [-0.4, -0.2) is 15.4 Å². The molecule has 4 nitrogen and oxygen atoms in total. The van der Waals surface area contributed by atoms with E-state index in [2.05, 4.69) is 15.4 Å². The molecule has 3 aromatic rings. The zero-order valence-corrected chi connectivity index (χ0v) is 14.1. The maximum atomic E-state index is 12.8. The van der Waals surface area contributed by atoms with Crippen LogP contribution in [0.3, 0.4) is 0 Å². The van der Waals surface area contributed by atoms with Crippen LogP contribution < -0.4 is 0 Å². The first-order chi connectivity index (χ1) is 12.4. The summed E-state index contributed by atoms with van der Waals surface area (Å²) in [7, 11) is 0. The molecule has 0 aliphatic carbocycles. The van der Waals surface area contributed by atoms with Crippen LogP contribution in [0.15, 0.2) is 42.5 Å². The molecule has 0 fully saturated rings. The molecule has 2 aromatic carbocycles. The molecule has 26 heavy (non-hydrogen) atoms. The Morgan fingerprint density at radius 2 is 1.81 bits per heavy atom. The fraction of sp³-hybridized carbons (Fsp3) is 0.167. The van der Waals surface area contributed by atoms with Crippen molar-refractivity contribution in [3.8, 4) is 17.3 Å². The van der Waals surface area contributed by atoms with Crippen molar-refractivity contribution in [2.24, 2.45) is 0 Å². The summed E-state index contributed by atoms with van der Waals surface area (Å²) in [6, 6.07) is 12.4. The van der Waals surface area contributed by atoms with E-state index in [4.69, 9.17) is 16.9 Å². The van der Waals surface area contributed by atoms with Gasteiger partial charge in [0.1, 0.15) is 11.8 Å². The largest absolute Gasteiger partial charge is 0.416 e. The number of nitrogens with zero attached hydrogens (tertiary/aromatic N) is 3. The van der Waals surface area contributed by atoms with Gasteiger partial charge in [-0.3, -0.25) is 0 Å². The van der Waals surface area contributed by atoms with Crippen molar-refractivity contribution in [2.75, 3.05) is 0 Å². The second-order valence-corrected chi connectivity index (χ2v) is 6.12. The van der Waals surface area contributed by atoms with Crippen LogP contribution in [0.2, 0.25) is 5.02 Å². The molecule has 0 saturated carbocycles. The second-order valence-electron chi connectivity index (χ2n) is 5.68. The lowest BCUT2D eigenvalue weighted by Gasteiger charge is -2.09. The molecule has 0 radical (unpaired) electrons. The van der Waals surface area contributed by atoms with Crippen molar-refractivity contribution in [2.45, 2.75) is 19.0 Å². The third kappa shape index (κ3) is 4.03. The number of H-pyrrole nitrogens is 1. The minimum Gasteiger partial charge on any atom is -0.196 e. The molecule has 0 unspecified atom stereocenters. The fourth-order valence-corrected chi connectivity index (χ4v) is 2.89. The first-order valence-corrected chi connectivity index (χ1v) is 8.01. The molecule has 0 saturated heterocycles. The summed E-state index contributed by atoms with van der Waals surface area (Å²) >= 11 is 6.14. The van der Waals surface area contributed by atoms with Crippen molar-refractivity contribution < 1.29 is 13.2 Å². The number of hydrogen-bond acceptors (Lipinski definition) is 3. The molecule has 8 heteroatoms. The Bertz CT molecular complexity index is 973. The van der Waals surface area contributed by atoms with Crippen LogP contribution in [0.1, 0.15) is 22.4 Å². The predicted molar refractivity (Wildman–Crippen MR) is 90.4 cm³/mol. The van der Waals surface area contributed by atoms with Gasteiger partial charge in [-0.1, -0.05) is 29.8 Å². The summed E-state index contributed by atoms with van der Waals surface area (Å²) in [6.45, 7) is 0.